The van der Waals surface area contributed by atoms with Crippen molar-refractivity contribution in [2.45, 2.75) is 39.0 Å². The van der Waals surface area contributed by atoms with Gasteiger partial charge in [-0.05, 0) is 37.5 Å². The summed E-state index contributed by atoms with van der Waals surface area (Å²) in [5.41, 5.74) is 2.24. The van der Waals surface area contributed by atoms with E-state index in [1.807, 2.05) is 13.0 Å². The van der Waals surface area contributed by atoms with E-state index in [1.165, 1.54) is 17.0 Å². The summed E-state index contributed by atoms with van der Waals surface area (Å²) in [4.78, 5) is 13.6. The lowest BCUT2D eigenvalue weighted by molar-refractivity contribution is -0.127. The van der Waals surface area contributed by atoms with E-state index < -0.39 is 15.6 Å². The first kappa shape index (κ1) is 22.1. The number of hydrogen-bond donors (Lipinski definition) is 1. The van der Waals surface area contributed by atoms with E-state index in [2.05, 4.69) is 10.2 Å². The minimum absolute atomic E-state index is 0.0669. The van der Waals surface area contributed by atoms with Crippen LogP contribution in [-0.4, -0.2) is 54.5 Å². The van der Waals surface area contributed by atoms with Gasteiger partial charge in [-0.1, -0.05) is 31.9 Å². The molecule has 28 heavy (non-hydrogen) atoms. The van der Waals surface area contributed by atoms with Gasteiger partial charge in [0, 0.05) is 24.8 Å². The number of sulfone groups is 1. The van der Waals surface area contributed by atoms with Crippen molar-refractivity contribution >= 4 is 15.7 Å². The fraction of sp³-hybridized carbons (Fsp3) is 0.500. The number of nitrogens with zero attached hydrogens (tertiary/aromatic N) is 2. The van der Waals surface area contributed by atoms with Crippen LogP contribution >= 0.6 is 0 Å². The molecule has 6 nitrogen and oxygen atoms in total. The van der Waals surface area contributed by atoms with Gasteiger partial charge in [-0.2, -0.15) is 5.10 Å². The second kappa shape index (κ2) is 10.4. The highest BCUT2D eigenvalue weighted by molar-refractivity contribution is 7.92. The maximum Gasteiger partial charge on any atom is 0.237 e. The number of unbranched alkanes of at least 4 members (excludes halogenated alkanes) is 2. The number of benzene rings is 1. The molecule has 1 aromatic carbocycles. The molecule has 0 radical (unpaired) electrons. The minimum Gasteiger partial charge on any atom is -0.345 e. The summed E-state index contributed by atoms with van der Waals surface area (Å²) in [7, 11) is -1.72. The minimum atomic E-state index is -3.34. The van der Waals surface area contributed by atoms with Crippen LogP contribution in [-0.2, 0) is 21.1 Å². The number of carbonyl (C=O) groups is 1. The van der Waals surface area contributed by atoms with Gasteiger partial charge in [-0.25, -0.2) is 12.8 Å². The normalized spacial score (nSPS) is 11.5. The molecule has 0 unspecified atom stereocenters. The Hall–Kier alpha value is -2.22. The van der Waals surface area contributed by atoms with Crippen LogP contribution in [0, 0.1) is 5.82 Å². The highest BCUT2D eigenvalue weighted by atomic mass is 32.2. The Morgan fingerprint density at radius 1 is 1.21 bits per heavy atom. The number of amides is 1. The second-order valence-electron chi connectivity index (χ2n) is 7.01. The van der Waals surface area contributed by atoms with Gasteiger partial charge in [0.2, 0.25) is 5.91 Å². The standard InChI is InChI=1S/C20H28FN3O3S/c1-3-4-5-12-28(26,27)15-20(25)24(2)11-7-10-18-14-19(23-22-18)16-8-6-9-17(21)13-16/h6,8-9,13-14H,3-5,7,10-12,15H2,1-2H3,(H,22,23). The zero-order chi connectivity index (χ0) is 20.6. The number of aromatic amines is 1. The Kier molecular flexibility index (Phi) is 8.17. The molecule has 154 valence electrons. The Morgan fingerprint density at radius 3 is 2.71 bits per heavy atom. The SMILES string of the molecule is CCCCCS(=O)(=O)CC(=O)N(C)CCCc1cc(-c2cccc(F)c2)n[nH]1. The molecule has 0 fully saturated rings. The lowest BCUT2D eigenvalue weighted by Crippen LogP contribution is -2.34. The van der Waals surface area contributed by atoms with E-state index >= 15 is 0 Å². The molecule has 0 saturated heterocycles. The summed E-state index contributed by atoms with van der Waals surface area (Å²) in [5, 5.41) is 7.11. The van der Waals surface area contributed by atoms with Crippen molar-refractivity contribution in [3.05, 3.63) is 41.8 Å². The van der Waals surface area contributed by atoms with Crippen molar-refractivity contribution in [3.8, 4) is 11.3 Å². The number of aryl methyl sites for hydroxylation is 1. The lowest BCUT2D eigenvalue weighted by atomic mass is 10.1. The molecule has 1 amide bonds. The average molecular weight is 410 g/mol. The number of rotatable bonds is 11. The first-order valence-corrected chi connectivity index (χ1v) is 11.4. The van der Waals surface area contributed by atoms with E-state index in [-0.39, 0.29) is 17.5 Å². The zero-order valence-corrected chi connectivity index (χ0v) is 17.3. The van der Waals surface area contributed by atoms with Gasteiger partial charge in [-0.3, -0.25) is 9.89 Å². The highest BCUT2D eigenvalue weighted by Crippen LogP contribution is 2.19. The summed E-state index contributed by atoms with van der Waals surface area (Å²) in [6.07, 6.45) is 3.72. The molecule has 0 bridgehead atoms. The number of aromatic nitrogens is 2. The summed E-state index contributed by atoms with van der Waals surface area (Å²) >= 11 is 0. The molecule has 0 aliphatic heterocycles. The second-order valence-corrected chi connectivity index (χ2v) is 9.19. The number of hydrogen-bond acceptors (Lipinski definition) is 4. The Labute approximate surface area is 166 Å². The van der Waals surface area contributed by atoms with Crippen LogP contribution < -0.4 is 0 Å². The predicted octanol–water partition coefficient (Wildman–Crippen LogP) is 3.21. The molecule has 2 rings (SSSR count). The number of carbonyl (C=O) groups excluding carboxylic acids is 1. The van der Waals surface area contributed by atoms with Gasteiger partial charge < -0.3 is 4.90 Å². The fourth-order valence-electron chi connectivity index (χ4n) is 2.86. The third-order valence-electron chi connectivity index (χ3n) is 4.52. The van der Waals surface area contributed by atoms with Crippen LogP contribution in [0.4, 0.5) is 4.39 Å². The largest absolute Gasteiger partial charge is 0.345 e. The Bertz CT molecular complexity index is 880. The molecule has 0 saturated carbocycles. The number of halogens is 1. The molecular formula is C20H28FN3O3S. The van der Waals surface area contributed by atoms with Crippen LogP contribution in [0.15, 0.2) is 30.3 Å². The van der Waals surface area contributed by atoms with Crippen LogP contribution in [0.3, 0.4) is 0 Å². The molecule has 1 aromatic heterocycles. The van der Waals surface area contributed by atoms with Crippen LogP contribution in [0.1, 0.15) is 38.3 Å². The Balaban J connectivity index is 1.79. The predicted molar refractivity (Wildman–Crippen MR) is 108 cm³/mol. The molecule has 1 heterocycles. The summed E-state index contributed by atoms with van der Waals surface area (Å²) in [6.45, 7) is 2.46. The third-order valence-corrected chi connectivity index (χ3v) is 6.12. The van der Waals surface area contributed by atoms with Gasteiger partial charge in [0.25, 0.3) is 0 Å². The van der Waals surface area contributed by atoms with Crippen LogP contribution in [0.25, 0.3) is 11.3 Å². The van der Waals surface area contributed by atoms with Gasteiger partial charge in [0.05, 0.1) is 11.4 Å². The molecule has 0 aliphatic rings. The molecule has 0 atom stereocenters. The van der Waals surface area contributed by atoms with Gasteiger partial charge in [0.1, 0.15) is 11.6 Å². The van der Waals surface area contributed by atoms with Crippen molar-refractivity contribution < 1.29 is 17.6 Å². The highest BCUT2D eigenvalue weighted by Gasteiger charge is 2.19. The van der Waals surface area contributed by atoms with Gasteiger partial charge >= 0.3 is 0 Å². The van der Waals surface area contributed by atoms with Crippen molar-refractivity contribution in [1.82, 2.24) is 15.1 Å². The first-order valence-electron chi connectivity index (χ1n) is 9.55. The summed E-state index contributed by atoms with van der Waals surface area (Å²) in [6, 6.07) is 8.09. The maximum absolute atomic E-state index is 13.3. The molecule has 2 aromatic rings. The lowest BCUT2D eigenvalue weighted by Gasteiger charge is -2.17. The Morgan fingerprint density at radius 2 is 2.00 bits per heavy atom. The third kappa shape index (κ3) is 7.07. The average Bonchev–Trinajstić information content (AvgIpc) is 3.10. The van der Waals surface area contributed by atoms with E-state index in [1.54, 1.807) is 19.2 Å². The summed E-state index contributed by atoms with van der Waals surface area (Å²) in [5.74, 6) is -1.05. The van der Waals surface area contributed by atoms with Crippen LogP contribution in [0.5, 0.6) is 0 Å². The topological polar surface area (TPSA) is 83.1 Å². The van der Waals surface area contributed by atoms with E-state index in [0.717, 1.165) is 18.5 Å². The first-order chi connectivity index (χ1) is 13.3. The monoisotopic (exact) mass is 409 g/mol. The van der Waals surface area contributed by atoms with Crippen molar-refractivity contribution in [3.63, 3.8) is 0 Å². The molecular weight excluding hydrogens is 381 g/mol. The van der Waals surface area contributed by atoms with Gasteiger partial charge in [0.15, 0.2) is 9.84 Å². The van der Waals surface area contributed by atoms with E-state index in [4.69, 9.17) is 0 Å². The van der Waals surface area contributed by atoms with E-state index in [9.17, 15) is 17.6 Å². The maximum atomic E-state index is 13.3. The quantitative estimate of drug-likeness (QED) is 0.578. The summed E-state index contributed by atoms with van der Waals surface area (Å²) < 4.78 is 37.3. The molecule has 0 spiro atoms. The van der Waals surface area contributed by atoms with Gasteiger partial charge in [-0.15, -0.1) is 0 Å². The zero-order valence-electron chi connectivity index (χ0n) is 16.4. The number of nitrogens with one attached hydrogen (secondary N) is 1. The van der Waals surface area contributed by atoms with Crippen molar-refractivity contribution in [2.75, 3.05) is 25.1 Å². The van der Waals surface area contributed by atoms with Crippen LogP contribution in [0.2, 0.25) is 0 Å². The van der Waals surface area contributed by atoms with Crippen molar-refractivity contribution in [2.24, 2.45) is 0 Å². The molecule has 1 N–H and O–H groups in total. The molecule has 8 heteroatoms. The smallest absolute Gasteiger partial charge is 0.237 e. The number of H-pyrrole nitrogens is 1. The molecule has 0 aliphatic carbocycles. The van der Waals surface area contributed by atoms with Crippen molar-refractivity contribution in [1.29, 1.82) is 0 Å². The fourth-order valence-corrected chi connectivity index (χ4v) is 4.24. The van der Waals surface area contributed by atoms with E-state index in [0.29, 0.717) is 37.1 Å².